The number of nitrogens with zero attached hydrogens (tertiary/aromatic N) is 5. The molecule has 5 rings (SSSR count). The van der Waals surface area contributed by atoms with Gasteiger partial charge < -0.3 is 9.64 Å². The molecule has 0 unspecified atom stereocenters. The molecule has 0 spiro atoms. The number of morpholine rings is 1. The Morgan fingerprint density at radius 1 is 1.29 bits per heavy atom. The quantitative estimate of drug-likeness (QED) is 0.678. The highest BCUT2D eigenvalue weighted by Crippen LogP contribution is 2.43. The number of aryl methyl sites for hydroxylation is 1. The lowest BCUT2D eigenvalue weighted by Gasteiger charge is -2.33. The number of hydrogen-bond donors (Lipinski definition) is 0. The van der Waals surface area contributed by atoms with Crippen LogP contribution >= 0.6 is 11.6 Å². The molecule has 28 heavy (non-hydrogen) atoms. The van der Waals surface area contributed by atoms with Gasteiger partial charge in [-0.3, -0.25) is 4.79 Å². The first-order valence-electron chi connectivity index (χ1n) is 9.48. The van der Waals surface area contributed by atoms with Crippen molar-refractivity contribution in [3.05, 3.63) is 58.1 Å². The van der Waals surface area contributed by atoms with E-state index in [9.17, 15) is 4.79 Å². The summed E-state index contributed by atoms with van der Waals surface area (Å²) in [5.41, 5.74) is 3.45. The summed E-state index contributed by atoms with van der Waals surface area (Å²) in [5.74, 6) is 1.06. The molecular weight excluding hydrogens is 378 g/mol. The summed E-state index contributed by atoms with van der Waals surface area (Å²) in [5, 5.41) is 4.94. The van der Waals surface area contributed by atoms with E-state index in [1.807, 2.05) is 30.0 Å². The molecular formula is C20H20ClN5O2. The Morgan fingerprint density at radius 2 is 2.14 bits per heavy atom. The molecule has 2 fully saturated rings. The largest absolute Gasteiger partial charge is 0.368 e. The number of halogens is 1. The molecule has 1 saturated heterocycles. The number of benzene rings is 1. The molecule has 7 nitrogen and oxygen atoms in total. The number of fused-ring (bicyclic) bond motifs is 1. The molecule has 2 aromatic heterocycles. The number of carbonyl (C=O) groups excluding carboxylic acids is 1. The zero-order valence-electron chi connectivity index (χ0n) is 15.5. The van der Waals surface area contributed by atoms with Crippen LogP contribution in [0.5, 0.6) is 0 Å². The van der Waals surface area contributed by atoms with Crippen molar-refractivity contribution in [2.24, 2.45) is 0 Å². The van der Waals surface area contributed by atoms with Crippen LogP contribution in [0.25, 0.3) is 5.78 Å². The van der Waals surface area contributed by atoms with Crippen LogP contribution in [0.15, 0.2) is 30.6 Å². The lowest BCUT2D eigenvalue weighted by atomic mass is 10.1. The van der Waals surface area contributed by atoms with E-state index in [1.165, 1.54) is 19.2 Å². The van der Waals surface area contributed by atoms with E-state index in [0.29, 0.717) is 42.0 Å². The molecule has 1 atom stereocenters. The molecule has 144 valence electrons. The molecule has 3 heterocycles. The number of ether oxygens (including phenoxy) is 1. The van der Waals surface area contributed by atoms with Crippen LogP contribution in [-0.2, 0) is 4.74 Å². The van der Waals surface area contributed by atoms with Crippen molar-refractivity contribution >= 4 is 23.3 Å². The van der Waals surface area contributed by atoms with Gasteiger partial charge in [0.05, 0.1) is 18.8 Å². The van der Waals surface area contributed by atoms with E-state index in [0.717, 1.165) is 17.0 Å². The molecule has 0 bridgehead atoms. The summed E-state index contributed by atoms with van der Waals surface area (Å²) < 4.78 is 7.63. The summed E-state index contributed by atoms with van der Waals surface area (Å²) in [6, 6.07) is 7.62. The fourth-order valence-corrected chi connectivity index (χ4v) is 4.10. The number of amides is 1. The van der Waals surface area contributed by atoms with Crippen molar-refractivity contribution < 1.29 is 9.53 Å². The molecule has 0 radical (unpaired) electrons. The van der Waals surface area contributed by atoms with E-state index in [4.69, 9.17) is 16.3 Å². The van der Waals surface area contributed by atoms with Gasteiger partial charge in [-0.15, -0.1) is 0 Å². The van der Waals surface area contributed by atoms with Crippen LogP contribution in [0.2, 0.25) is 5.02 Å². The second-order valence-electron chi connectivity index (χ2n) is 7.42. The first-order chi connectivity index (χ1) is 13.6. The average Bonchev–Trinajstić information content (AvgIpc) is 3.44. The van der Waals surface area contributed by atoms with Crippen molar-refractivity contribution in [1.82, 2.24) is 24.5 Å². The van der Waals surface area contributed by atoms with Crippen LogP contribution in [0, 0.1) is 6.92 Å². The summed E-state index contributed by atoms with van der Waals surface area (Å²) in [7, 11) is 0. The van der Waals surface area contributed by atoms with Gasteiger partial charge in [0.1, 0.15) is 12.4 Å². The molecule has 8 heteroatoms. The Balaban J connectivity index is 1.40. The summed E-state index contributed by atoms with van der Waals surface area (Å²) in [4.78, 5) is 23.4. The van der Waals surface area contributed by atoms with Crippen LogP contribution < -0.4 is 0 Å². The normalized spacial score (nSPS) is 19.9. The number of rotatable bonds is 3. The van der Waals surface area contributed by atoms with Crippen molar-refractivity contribution in [1.29, 1.82) is 0 Å². The van der Waals surface area contributed by atoms with Crippen molar-refractivity contribution in [2.45, 2.75) is 31.8 Å². The third-order valence-electron chi connectivity index (χ3n) is 5.36. The van der Waals surface area contributed by atoms with Crippen LogP contribution in [0.4, 0.5) is 0 Å². The Labute approximate surface area is 167 Å². The van der Waals surface area contributed by atoms with Gasteiger partial charge in [0, 0.05) is 22.8 Å². The van der Waals surface area contributed by atoms with Gasteiger partial charge >= 0.3 is 0 Å². The third kappa shape index (κ3) is 3.14. The van der Waals surface area contributed by atoms with Gasteiger partial charge in [-0.25, -0.2) is 4.98 Å². The van der Waals surface area contributed by atoms with E-state index < -0.39 is 0 Å². The first-order valence-corrected chi connectivity index (χ1v) is 9.85. The highest BCUT2D eigenvalue weighted by atomic mass is 35.5. The standard InChI is InChI=1S/C20H20ClN5O2/c1-12-8-17(26-20(24-12)22-11-23-26)18-10-25(6-7-28-18)19(27)14-4-5-15(13-2-3-13)16(21)9-14/h4-5,8-9,11,13,18H,2-3,6-7,10H2,1H3/t18-/m0/s1. The van der Waals surface area contributed by atoms with Gasteiger partial charge in [0.15, 0.2) is 0 Å². The monoisotopic (exact) mass is 397 g/mol. The van der Waals surface area contributed by atoms with Crippen LogP contribution in [0.1, 0.15) is 52.2 Å². The summed E-state index contributed by atoms with van der Waals surface area (Å²) in [6.07, 6.45) is 3.55. The Morgan fingerprint density at radius 3 is 2.93 bits per heavy atom. The van der Waals surface area contributed by atoms with E-state index >= 15 is 0 Å². The van der Waals surface area contributed by atoms with Gasteiger partial charge in [0.25, 0.3) is 11.7 Å². The topological polar surface area (TPSA) is 72.6 Å². The lowest BCUT2D eigenvalue weighted by molar-refractivity contribution is -0.0257. The Bertz CT molecular complexity index is 1060. The van der Waals surface area contributed by atoms with E-state index in [2.05, 4.69) is 15.1 Å². The predicted molar refractivity (Wildman–Crippen MR) is 104 cm³/mol. The van der Waals surface area contributed by atoms with E-state index in [-0.39, 0.29) is 12.0 Å². The maximum absolute atomic E-state index is 13.1. The SMILES string of the molecule is Cc1cc([C@@H]2CN(C(=O)c3ccc(C4CC4)c(Cl)c3)CCO2)n2ncnc2n1. The molecule has 1 saturated carbocycles. The van der Waals surface area contributed by atoms with Crippen molar-refractivity contribution in [2.75, 3.05) is 19.7 Å². The molecule has 0 N–H and O–H groups in total. The van der Waals surface area contributed by atoms with Crippen molar-refractivity contribution in [3.8, 4) is 0 Å². The number of hydrogen-bond acceptors (Lipinski definition) is 5. The highest BCUT2D eigenvalue weighted by Gasteiger charge is 2.30. The van der Waals surface area contributed by atoms with Gasteiger partial charge in [-0.05, 0) is 49.4 Å². The molecule has 1 amide bonds. The van der Waals surface area contributed by atoms with Crippen molar-refractivity contribution in [3.63, 3.8) is 0 Å². The fraction of sp³-hybridized carbons (Fsp3) is 0.400. The maximum Gasteiger partial charge on any atom is 0.254 e. The average molecular weight is 398 g/mol. The second-order valence-corrected chi connectivity index (χ2v) is 7.82. The summed E-state index contributed by atoms with van der Waals surface area (Å²) in [6.45, 7) is 3.36. The van der Waals surface area contributed by atoms with Gasteiger partial charge in [0.2, 0.25) is 0 Å². The minimum absolute atomic E-state index is 0.0295. The predicted octanol–water partition coefficient (Wildman–Crippen LogP) is 3.18. The number of aromatic nitrogens is 4. The molecule has 1 aliphatic carbocycles. The van der Waals surface area contributed by atoms with Crippen LogP contribution in [0.3, 0.4) is 0 Å². The summed E-state index contributed by atoms with van der Waals surface area (Å²) >= 11 is 6.42. The lowest BCUT2D eigenvalue weighted by Crippen LogP contribution is -2.42. The zero-order valence-corrected chi connectivity index (χ0v) is 16.3. The Hall–Kier alpha value is -2.51. The smallest absolute Gasteiger partial charge is 0.254 e. The third-order valence-corrected chi connectivity index (χ3v) is 5.68. The molecule has 3 aromatic rings. The minimum Gasteiger partial charge on any atom is -0.368 e. The number of carbonyl (C=O) groups is 1. The molecule has 2 aliphatic rings. The fourth-order valence-electron chi connectivity index (χ4n) is 3.77. The highest BCUT2D eigenvalue weighted by molar-refractivity contribution is 6.31. The second kappa shape index (κ2) is 6.83. The van der Waals surface area contributed by atoms with E-state index in [1.54, 1.807) is 10.6 Å². The Kier molecular flexibility index (Phi) is 4.29. The zero-order chi connectivity index (χ0) is 19.3. The van der Waals surface area contributed by atoms with Crippen LogP contribution in [-0.4, -0.2) is 50.1 Å². The van der Waals surface area contributed by atoms with Gasteiger partial charge in [-0.2, -0.15) is 14.6 Å². The first kappa shape index (κ1) is 17.6. The maximum atomic E-state index is 13.1. The molecule has 1 aliphatic heterocycles. The van der Waals surface area contributed by atoms with Gasteiger partial charge in [-0.1, -0.05) is 17.7 Å². The minimum atomic E-state index is -0.287. The molecule has 1 aromatic carbocycles.